The van der Waals surface area contributed by atoms with Crippen molar-refractivity contribution in [1.29, 1.82) is 0 Å². The first-order valence-corrected chi connectivity index (χ1v) is 13.7. The molecule has 4 aromatic rings. The summed E-state index contributed by atoms with van der Waals surface area (Å²) in [6.45, 7) is 0.825. The molecule has 0 aliphatic rings. The summed E-state index contributed by atoms with van der Waals surface area (Å²) < 4.78 is 5.25. The summed E-state index contributed by atoms with van der Waals surface area (Å²) in [5, 5.41) is 10.5. The zero-order valence-electron chi connectivity index (χ0n) is 23.4. The molecule has 0 radical (unpaired) electrons. The van der Waals surface area contributed by atoms with Crippen LogP contribution in [0.4, 0.5) is 10.5 Å². The number of alkyl carbamates (subject to hydrolysis) is 1. The molecule has 0 aliphatic heterocycles. The fourth-order valence-electron chi connectivity index (χ4n) is 4.34. The van der Waals surface area contributed by atoms with Crippen molar-refractivity contribution in [1.82, 2.24) is 16.0 Å². The van der Waals surface area contributed by atoms with Crippen LogP contribution in [0.25, 0.3) is 10.8 Å². The molecule has 0 heterocycles. The van der Waals surface area contributed by atoms with Gasteiger partial charge < -0.3 is 25.6 Å². The third kappa shape index (κ3) is 8.83. The van der Waals surface area contributed by atoms with Gasteiger partial charge in [0.1, 0.15) is 12.6 Å². The van der Waals surface area contributed by atoms with Crippen molar-refractivity contribution in [2.24, 2.45) is 0 Å². The minimum Gasteiger partial charge on any atom is -0.445 e. The van der Waals surface area contributed by atoms with E-state index < -0.39 is 12.1 Å². The molecule has 4 aromatic carbocycles. The topological polar surface area (TPSA) is 99.8 Å². The number of carbonyl (C=O) groups is 3. The SMILES string of the molecule is CN(C)c1ccc2cc(C(=O)N[C@@H](CCCNC(=O)OCc3ccccc3)C(=O)NCc3ccccc3)ccc2c1. The quantitative estimate of drug-likeness (QED) is 0.214. The molecular formula is C33H36N4O4. The number of carbonyl (C=O) groups excluding carboxylic acids is 3. The first-order valence-electron chi connectivity index (χ1n) is 13.7. The molecule has 3 amide bonds. The molecule has 3 N–H and O–H groups in total. The third-order valence-corrected chi connectivity index (χ3v) is 6.69. The van der Waals surface area contributed by atoms with Gasteiger partial charge in [-0.2, -0.15) is 0 Å². The highest BCUT2D eigenvalue weighted by Gasteiger charge is 2.21. The lowest BCUT2D eigenvalue weighted by atomic mass is 10.0. The predicted octanol–water partition coefficient (Wildman–Crippen LogP) is 5.03. The van der Waals surface area contributed by atoms with E-state index in [4.69, 9.17) is 4.74 Å². The smallest absolute Gasteiger partial charge is 0.407 e. The Bertz CT molecular complexity index is 1460. The van der Waals surface area contributed by atoms with Crippen molar-refractivity contribution < 1.29 is 19.1 Å². The van der Waals surface area contributed by atoms with Crippen molar-refractivity contribution in [3.63, 3.8) is 0 Å². The van der Waals surface area contributed by atoms with Crippen LogP contribution >= 0.6 is 0 Å². The van der Waals surface area contributed by atoms with Crippen LogP contribution in [0.2, 0.25) is 0 Å². The van der Waals surface area contributed by atoms with E-state index in [9.17, 15) is 14.4 Å². The maximum absolute atomic E-state index is 13.2. The highest BCUT2D eigenvalue weighted by Crippen LogP contribution is 2.22. The molecule has 0 aliphatic carbocycles. The zero-order chi connectivity index (χ0) is 29.0. The standard InChI is InChI=1S/C33H36N4O4/c1-37(2)29-18-17-26-20-28(16-15-27(26)21-29)31(38)36-30(32(39)35-22-24-10-5-3-6-11-24)14-9-19-34-33(40)41-23-25-12-7-4-8-13-25/h3-8,10-13,15-18,20-21,30H,9,14,19,22-23H2,1-2H3,(H,34,40)(H,35,39)(H,36,38)/t30-/m0/s1. The van der Waals surface area contributed by atoms with E-state index in [0.29, 0.717) is 31.5 Å². The maximum Gasteiger partial charge on any atom is 0.407 e. The van der Waals surface area contributed by atoms with Gasteiger partial charge in [-0.15, -0.1) is 0 Å². The largest absolute Gasteiger partial charge is 0.445 e. The van der Waals surface area contributed by atoms with E-state index in [0.717, 1.165) is 27.6 Å². The minimum absolute atomic E-state index is 0.176. The number of rotatable bonds is 12. The molecule has 0 saturated heterocycles. The van der Waals surface area contributed by atoms with Crippen LogP contribution in [0, 0.1) is 0 Å². The van der Waals surface area contributed by atoms with Gasteiger partial charge in [-0.3, -0.25) is 9.59 Å². The average molecular weight is 553 g/mol. The van der Waals surface area contributed by atoms with Gasteiger partial charge in [-0.1, -0.05) is 72.8 Å². The van der Waals surface area contributed by atoms with Crippen LogP contribution in [0.1, 0.15) is 34.3 Å². The van der Waals surface area contributed by atoms with E-state index in [1.807, 2.05) is 104 Å². The Labute approximate surface area is 240 Å². The number of hydrogen-bond acceptors (Lipinski definition) is 5. The molecular weight excluding hydrogens is 516 g/mol. The predicted molar refractivity (Wildman–Crippen MR) is 162 cm³/mol. The Kier molecular flexibility index (Phi) is 10.3. The van der Waals surface area contributed by atoms with Gasteiger partial charge in [-0.25, -0.2) is 4.79 Å². The average Bonchev–Trinajstić information content (AvgIpc) is 3.00. The number of benzene rings is 4. The van der Waals surface area contributed by atoms with E-state index in [2.05, 4.69) is 22.0 Å². The highest BCUT2D eigenvalue weighted by atomic mass is 16.5. The van der Waals surface area contributed by atoms with E-state index >= 15 is 0 Å². The summed E-state index contributed by atoms with van der Waals surface area (Å²) in [6.07, 6.45) is 0.275. The zero-order valence-corrected chi connectivity index (χ0v) is 23.4. The third-order valence-electron chi connectivity index (χ3n) is 6.69. The molecule has 0 spiro atoms. The molecule has 41 heavy (non-hydrogen) atoms. The van der Waals surface area contributed by atoms with Gasteiger partial charge in [0.05, 0.1) is 0 Å². The fraction of sp³-hybridized carbons (Fsp3) is 0.242. The molecule has 0 bridgehead atoms. The summed E-state index contributed by atoms with van der Waals surface area (Å²) in [7, 11) is 3.96. The summed E-state index contributed by atoms with van der Waals surface area (Å²) in [5.41, 5.74) is 3.40. The molecule has 0 unspecified atom stereocenters. The summed E-state index contributed by atoms with van der Waals surface area (Å²) >= 11 is 0. The van der Waals surface area contributed by atoms with Crippen LogP contribution in [-0.4, -0.2) is 44.6 Å². The van der Waals surface area contributed by atoms with Gasteiger partial charge in [0.25, 0.3) is 5.91 Å². The summed E-state index contributed by atoms with van der Waals surface area (Å²) in [5.74, 6) is -0.621. The van der Waals surface area contributed by atoms with Crippen molar-refractivity contribution in [3.05, 3.63) is 114 Å². The van der Waals surface area contributed by atoms with Gasteiger partial charge in [0.15, 0.2) is 0 Å². The number of nitrogens with zero attached hydrogens (tertiary/aromatic N) is 1. The Balaban J connectivity index is 1.35. The number of ether oxygens (including phenoxy) is 1. The van der Waals surface area contributed by atoms with Crippen LogP contribution in [-0.2, 0) is 22.7 Å². The first-order chi connectivity index (χ1) is 19.9. The second kappa shape index (κ2) is 14.5. The van der Waals surface area contributed by atoms with Gasteiger partial charge >= 0.3 is 6.09 Å². The minimum atomic E-state index is -0.778. The maximum atomic E-state index is 13.2. The first kappa shape index (κ1) is 29.1. The molecule has 4 rings (SSSR count). The Morgan fingerprint density at radius 2 is 1.44 bits per heavy atom. The molecule has 1 atom stereocenters. The number of fused-ring (bicyclic) bond motifs is 1. The van der Waals surface area contributed by atoms with Gasteiger partial charge in [0, 0.05) is 38.4 Å². The summed E-state index contributed by atoms with van der Waals surface area (Å²) in [4.78, 5) is 40.5. The fourth-order valence-corrected chi connectivity index (χ4v) is 4.34. The molecule has 212 valence electrons. The normalized spacial score (nSPS) is 11.4. The lowest BCUT2D eigenvalue weighted by Crippen LogP contribution is -2.46. The van der Waals surface area contributed by atoms with Crippen LogP contribution in [0.3, 0.4) is 0 Å². The lowest BCUT2D eigenvalue weighted by Gasteiger charge is -2.19. The van der Waals surface area contributed by atoms with E-state index in [-0.39, 0.29) is 18.4 Å². The number of nitrogens with one attached hydrogen (secondary N) is 3. The molecule has 0 fully saturated rings. The second-order valence-corrected chi connectivity index (χ2v) is 10.0. The number of amides is 3. The second-order valence-electron chi connectivity index (χ2n) is 10.0. The van der Waals surface area contributed by atoms with Gasteiger partial charge in [0.2, 0.25) is 5.91 Å². The summed E-state index contributed by atoms with van der Waals surface area (Å²) in [6, 6.07) is 29.8. The van der Waals surface area contributed by atoms with Crippen LogP contribution < -0.4 is 20.9 Å². The molecule has 8 heteroatoms. The highest BCUT2D eigenvalue weighted by molar-refractivity contribution is 6.01. The van der Waals surface area contributed by atoms with Crippen LogP contribution in [0.15, 0.2) is 97.1 Å². The number of hydrogen-bond donors (Lipinski definition) is 3. The lowest BCUT2D eigenvalue weighted by molar-refractivity contribution is -0.123. The molecule has 8 nitrogen and oxygen atoms in total. The molecule has 0 aromatic heterocycles. The monoisotopic (exact) mass is 552 g/mol. The van der Waals surface area contributed by atoms with E-state index in [1.165, 1.54) is 0 Å². The van der Waals surface area contributed by atoms with Crippen molar-refractivity contribution in [2.45, 2.75) is 32.0 Å². The Hall–Kier alpha value is -4.85. The molecule has 0 saturated carbocycles. The Morgan fingerprint density at radius 3 is 2.15 bits per heavy atom. The Morgan fingerprint density at radius 1 is 0.780 bits per heavy atom. The van der Waals surface area contributed by atoms with Crippen molar-refractivity contribution >= 4 is 34.4 Å². The van der Waals surface area contributed by atoms with Crippen molar-refractivity contribution in [3.8, 4) is 0 Å². The number of anilines is 1. The van der Waals surface area contributed by atoms with E-state index in [1.54, 1.807) is 6.07 Å². The van der Waals surface area contributed by atoms with Crippen LogP contribution in [0.5, 0.6) is 0 Å². The van der Waals surface area contributed by atoms with Gasteiger partial charge in [-0.05, 0) is 59.0 Å². The van der Waals surface area contributed by atoms with Crippen molar-refractivity contribution in [2.75, 3.05) is 25.5 Å².